The van der Waals surface area contributed by atoms with Crippen molar-refractivity contribution in [2.45, 2.75) is 33.2 Å². The number of amides is 2. The van der Waals surface area contributed by atoms with Crippen LogP contribution in [0.3, 0.4) is 0 Å². The van der Waals surface area contributed by atoms with Gasteiger partial charge in [0.15, 0.2) is 0 Å². The average molecular weight is 368 g/mol. The fraction of sp³-hybridized carbons (Fsp3) is 0.286. The highest BCUT2D eigenvalue weighted by Gasteiger charge is 2.26. The minimum atomic E-state index is -1.08. The molecule has 2 amide bonds. The second-order valence-corrected chi connectivity index (χ2v) is 6.54. The first kappa shape index (κ1) is 20.2. The van der Waals surface area contributed by atoms with Crippen molar-refractivity contribution in [2.75, 3.05) is 5.32 Å². The van der Waals surface area contributed by atoms with Gasteiger partial charge in [0.1, 0.15) is 6.04 Å². The number of rotatable bonds is 7. The molecule has 0 spiro atoms. The highest BCUT2D eigenvalue weighted by atomic mass is 16.4. The van der Waals surface area contributed by atoms with Gasteiger partial charge in [-0.25, -0.2) is 4.79 Å². The quantitative estimate of drug-likeness (QED) is 0.697. The van der Waals surface area contributed by atoms with Crippen LogP contribution >= 0.6 is 0 Å². The maximum Gasteiger partial charge on any atom is 0.326 e. The van der Waals surface area contributed by atoms with Gasteiger partial charge >= 0.3 is 5.97 Å². The van der Waals surface area contributed by atoms with Crippen LogP contribution in [0.2, 0.25) is 0 Å². The van der Waals surface area contributed by atoms with Crippen molar-refractivity contribution in [3.8, 4) is 0 Å². The summed E-state index contributed by atoms with van der Waals surface area (Å²) in [5, 5.41) is 14.7. The first-order chi connectivity index (χ1) is 12.8. The van der Waals surface area contributed by atoms with Gasteiger partial charge < -0.3 is 15.7 Å². The fourth-order valence-corrected chi connectivity index (χ4v) is 2.59. The number of aryl methyl sites for hydroxylation is 1. The van der Waals surface area contributed by atoms with E-state index in [0.29, 0.717) is 17.7 Å². The Bertz CT molecular complexity index is 830. The Morgan fingerprint density at radius 2 is 1.63 bits per heavy atom. The smallest absolute Gasteiger partial charge is 0.326 e. The van der Waals surface area contributed by atoms with Crippen molar-refractivity contribution >= 4 is 23.5 Å². The van der Waals surface area contributed by atoms with Crippen LogP contribution in [0.1, 0.15) is 46.5 Å². The lowest BCUT2D eigenvalue weighted by molar-refractivity contribution is -0.140. The summed E-state index contributed by atoms with van der Waals surface area (Å²) in [6.07, 6.45) is 0.614. The summed E-state index contributed by atoms with van der Waals surface area (Å²) in [6.45, 7) is 5.56. The van der Waals surface area contributed by atoms with E-state index in [1.807, 2.05) is 26.0 Å². The first-order valence-corrected chi connectivity index (χ1v) is 8.84. The van der Waals surface area contributed by atoms with E-state index in [1.54, 1.807) is 43.3 Å². The molecule has 3 N–H and O–H groups in total. The zero-order chi connectivity index (χ0) is 20.0. The monoisotopic (exact) mass is 368 g/mol. The third kappa shape index (κ3) is 5.17. The minimum absolute atomic E-state index is 0.215. The van der Waals surface area contributed by atoms with Gasteiger partial charge in [-0.05, 0) is 37.1 Å². The van der Waals surface area contributed by atoms with E-state index in [0.717, 1.165) is 5.56 Å². The van der Waals surface area contributed by atoms with Crippen LogP contribution in [-0.2, 0) is 4.79 Å². The third-order valence-corrected chi connectivity index (χ3v) is 4.50. The van der Waals surface area contributed by atoms with Gasteiger partial charge in [0, 0.05) is 5.56 Å². The molecule has 0 aromatic heterocycles. The summed E-state index contributed by atoms with van der Waals surface area (Å²) in [5.74, 6) is -2.19. The van der Waals surface area contributed by atoms with Gasteiger partial charge in [-0.15, -0.1) is 0 Å². The Kier molecular flexibility index (Phi) is 6.71. The number of nitrogens with one attached hydrogen (secondary N) is 2. The molecule has 2 atom stereocenters. The van der Waals surface area contributed by atoms with Crippen LogP contribution in [0.4, 0.5) is 5.69 Å². The molecule has 0 heterocycles. The molecule has 0 saturated carbocycles. The summed E-state index contributed by atoms with van der Waals surface area (Å²) in [4.78, 5) is 36.5. The molecular formula is C21H24N2O4. The molecule has 0 unspecified atom stereocenters. The molecule has 2 aromatic rings. The van der Waals surface area contributed by atoms with Crippen LogP contribution in [0, 0.1) is 12.8 Å². The number of benzene rings is 2. The van der Waals surface area contributed by atoms with E-state index in [2.05, 4.69) is 10.6 Å². The molecule has 0 saturated heterocycles. The van der Waals surface area contributed by atoms with Crippen molar-refractivity contribution in [1.29, 1.82) is 0 Å². The zero-order valence-corrected chi connectivity index (χ0v) is 15.7. The van der Waals surface area contributed by atoms with Crippen molar-refractivity contribution in [2.24, 2.45) is 5.92 Å². The molecule has 0 radical (unpaired) electrons. The summed E-state index contributed by atoms with van der Waals surface area (Å²) >= 11 is 0. The number of para-hydroxylation sites is 1. The lowest BCUT2D eigenvalue weighted by Crippen LogP contribution is -2.45. The standard InChI is InChI=1S/C21H24N2O4/c1-4-14(3)18(21(26)27)23-20(25)16-7-5-6-8-17(16)22-19(24)15-11-9-13(2)10-12-15/h5-12,14,18H,4H2,1-3H3,(H,22,24)(H,23,25)(H,26,27)/t14-,18-/m1/s1. The number of carboxylic acids is 1. The molecular weight excluding hydrogens is 344 g/mol. The number of aliphatic carboxylic acids is 1. The van der Waals surface area contributed by atoms with E-state index >= 15 is 0 Å². The predicted octanol–water partition coefficient (Wildman–Crippen LogP) is 3.48. The van der Waals surface area contributed by atoms with Crippen molar-refractivity contribution in [1.82, 2.24) is 5.32 Å². The number of hydrogen-bond donors (Lipinski definition) is 3. The van der Waals surface area contributed by atoms with Gasteiger partial charge in [-0.1, -0.05) is 50.1 Å². The van der Waals surface area contributed by atoms with E-state index < -0.39 is 17.9 Å². The zero-order valence-electron chi connectivity index (χ0n) is 15.7. The molecule has 27 heavy (non-hydrogen) atoms. The van der Waals surface area contributed by atoms with Crippen molar-refractivity contribution < 1.29 is 19.5 Å². The second kappa shape index (κ2) is 8.98. The van der Waals surface area contributed by atoms with Gasteiger partial charge in [0.2, 0.25) is 0 Å². The molecule has 0 aliphatic rings. The van der Waals surface area contributed by atoms with E-state index in [4.69, 9.17) is 0 Å². The van der Waals surface area contributed by atoms with E-state index in [1.165, 1.54) is 0 Å². The van der Waals surface area contributed by atoms with E-state index in [9.17, 15) is 19.5 Å². The maximum absolute atomic E-state index is 12.6. The Hall–Kier alpha value is -3.15. The van der Waals surface area contributed by atoms with Crippen LogP contribution < -0.4 is 10.6 Å². The fourth-order valence-electron chi connectivity index (χ4n) is 2.59. The molecule has 0 bridgehead atoms. The van der Waals surface area contributed by atoms with Gasteiger partial charge in [0.05, 0.1) is 11.3 Å². The minimum Gasteiger partial charge on any atom is -0.480 e. The molecule has 6 heteroatoms. The summed E-state index contributed by atoms with van der Waals surface area (Å²) in [7, 11) is 0. The normalized spacial score (nSPS) is 12.7. The molecule has 142 valence electrons. The number of anilines is 1. The SMILES string of the molecule is CC[C@@H](C)[C@@H](NC(=O)c1ccccc1NC(=O)c1ccc(C)cc1)C(=O)O. The predicted molar refractivity (Wildman–Crippen MR) is 104 cm³/mol. The Balaban J connectivity index is 2.21. The first-order valence-electron chi connectivity index (χ1n) is 8.84. The number of carboxylic acid groups (broad SMARTS) is 1. The van der Waals surface area contributed by atoms with Crippen LogP contribution in [0.25, 0.3) is 0 Å². The van der Waals surface area contributed by atoms with Crippen LogP contribution in [-0.4, -0.2) is 28.9 Å². The van der Waals surface area contributed by atoms with Gasteiger partial charge in [0.25, 0.3) is 11.8 Å². The summed E-state index contributed by atoms with van der Waals surface area (Å²) < 4.78 is 0. The second-order valence-electron chi connectivity index (χ2n) is 6.54. The average Bonchev–Trinajstić information content (AvgIpc) is 2.66. The van der Waals surface area contributed by atoms with Gasteiger partial charge in [-0.2, -0.15) is 0 Å². The Labute approximate surface area is 158 Å². The lowest BCUT2D eigenvalue weighted by Gasteiger charge is -2.21. The lowest BCUT2D eigenvalue weighted by atomic mass is 9.98. The molecule has 0 aliphatic carbocycles. The van der Waals surface area contributed by atoms with E-state index in [-0.39, 0.29) is 17.4 Å². The number of carbonyl (C=O) groups is 3. The maximum atomic E-state index is 12.6. The Morgan fingerprint density at radius 1 is 1.00 bits per heavy atom. The topological polar surface area (TPSA) is 95.5 Å². The molecule has 0 fully saturated rings. The number of carbonyl (C=O) groups excluding carboxylic acids is 2. The summed E-state index contributed by atoms with van der Waals surface area (Å²) in [5.41, 5.74) is 2.05. The van der Waals surface area contributed by atoms with Crippen molar-refractivity contribution in [3.05, 3.63) is 65.2 Å². The molecule has 2 aromatic carbocycles. The number of hydrogen-bond acceptors (Lipinski definition) is 3. The largest absolute Gasteiger partial charge is 0.480 e. The highest BCUT2D eigenvalue weighted by molar-refractivity contribution is 6.09. The van der Waals surface area contributed by atoms with Gasteiger partial charge in [-0.3, -0.25) is 9.59 Å². The molecule has 6 nitrogen and oxygen atoms in total. The van der Waals surface area contributed by atoms with Crippen LogP contribution in [0.5, 0.6) is 0 Å². The summed E-state index contributed by atoms with van der Waals surface area (Å²) in [6, 6.07) is 12.6. The molecule has 0 aliphatic heterocycles. The third-order valence-electron chi connectivity index (χ3n) is 4.50. The van der Waals surface area contributed by atoms with Crippen LogP contribution in [0.15, 0.2) is 48.5 Å². The Morgan fingerprint density at radius 3 is 2.22 bits per heavy atom. The highest BCUT2D eigenvalue weighted by Crippen LogP contribution is 2.18. The van der Waals surface area contributed by atoms with Crippen molar-refractivity contribution in [3.63, 3.8) is 0 Å². The molecule has 2 rings (SSSR count).